The molecular weight excluding hydrogens is 305 g/mol. The summed E-state index contributed by atoms with van der Waals surface area (Å²) in [5, 5.41) is 8.68. The molecule has 10 heteroatoms. The third-order valence-corrected chi connectivity index (χ3v) is 2.41. The third kappa shape index (κ3) is 6.95. The summed E-state index contributed by atoms with van der Waals surface area (Å²) in [6.45, 7) is 0.806. The number of nitrogens with one attached hydrogen (secondary N) is 2. The number of hydrogen-bond donors (Lipinski definition) is 2. The zero-order valence-electron chi connectivity index (χ0n) is 11.9. The van der Waals surface area contributed by atoms with Crippen molar-refractivity contribution in [2.75, 3.05) is 18.5 Å². The second kappa shape index (κ2) is 8.25. The minimum absolute atomic E-state index is 0.0988. The quantitative estimate of drug-likeness (QED) is 0.803. The number of amides is 2. The molecule has 0 saturated heterocycles. The van der Waals surface area contributed by atoms with E-state index in [1.54, 1.807) is 10.7 Å². The van der Waals surface area contributed by atoms with Crippen molar-refractivity contribution in [3.63, 3.8) is 0 Å². The Morgan fingerprint density at radius 3 is 2.77 bits per heavy atom. The number of aromatic nitrogens is 2. The van der Waals surface area contributed by atoms with Gasteiger partial charge in [0.25, 0.3) is 0 Å². The normalized spacial score (nSPS) is 11.1. The highest BCUT2D eigenvalue weighted by Gasteiger charge is 2.29. The van der Waals surface area contributed by atoms with Crippen LogP contribution in [-0.4, -0.2) is 41.1 Å². The van der Waals surface area contributed by atoms with E-state index in [9.17, 15) is 22.8 Å². The molecule has 0 aliphatic heterocycles. The van der Waals surface area contributed by atoms with E-state index >= 15 is 0 Å². The van der Waals surface area contributed by atoms with Crippen molar-refractivity contribution in [2.24, 2.45) is 0 Å². The molecule has 124 valence electrons. The molecule has 0 unspecified atom stereocenters. The molecule has 2 N–H and O–H groups in total. The predicted molar refractivity (Wildman–Crippen MR) is 71.2 cm³/mol. The van der Waals surface area contributed by atoms with Crippen molar-refractivity contribution >= 4 is 17.8 Å². The summed E-state index contributed by atoms with van der Waals surface area (Å²) < 4.78 is 40.9. The Balaban J connectivity index is 2.26. The zero-order chi connectivity index (χ0) is 16.6. The molecule has 0 radical (unpaired) electrons. The van der Waals surface area contributed by atoms with Crippen LogP contribution in [0.3, 0.4) is 0 Å². The molecule has 0 aliphatic rings. The van der Waals surface area contributed by atoms with E-state index in [2.05, 4.69) is 20.5 Å². The van der Waals surface area contributed by atoms with Crippen LogP contribution in [0.5, 0.6) is 0 Å². The van der Waals surface area contributed by atoms with Crippen LogP contribution in [0.1, 0.15) is 19.8 Å². The zero-order valence-corrected chi connectivity index (χ0v) is 11.9. The molecule has 0 fully saturated rings. The molecule has 0 saturated carbocycles. The van der Waals surface area contributed by atoms with Crippen LogP contribution in [-0.2, 0) is 16.1 Å². The Morgan fingerprint density at radius 1 is 1.41 bits per heavy atom. The first-order chi connectivity index (χ1) is 10.3. The topological polar surface area (TPSA) is 85.3 Å². The van der Waals surface area contributed by atoms with Gasteiger partial charge in [-0.3, -0.25) is 4.79 Å². The summed E-state index contributed by atoms with van der Waals surface area (Å²) in [5.74, 6) is 0.125. The smallest absolute Gasteiger partial charge is 0.422 e. The Bertz CT molecular complexity index is 502. The van der Waals surface area contributed by atoms with Crippen molar-refractivity contribution in [1.29, 1.82) is 0 Å². The molecule has 0 bridgehead atoms. The highest BCUT2D eigenvalue weighted by Crippen LogP contribution is 2.14. The molecule has 0 spiro atoms. The van der Waals surface area contributed by atoms with Crippen LogP contribution in [0.15, 0.2) is 12.3 Å². The Morgan fingerprint density at radius 2 is 2.14 bits per heavy atom. The minimum atomic E-state index is -4.58. The van der Waals surface area contributed by atoms with E-state index in [1.807, 2.05) is 6.92 Å². The number of anilines is 1. The molecule has 0 atom stereocenters. The third-order valence-electron chi connectivity index (χ3n) is 2.41. The molecule has 7 nitrogen and oxygen atoms in total. The lowest BCUT2D eigenvalue weighted by atomic mass is 10.4. The fourth-order valence-corrected chi connectivity index (χ4v) is 1.51. The van der Waals surface area contributed by atoms with E-state index < -0.39 is 24.8 Å². The van der Waals surface area contributed by atoms with Gasteiger partial charge in [0, 0.05) is 25.6 Å². The summed E-state index contributed by atoms with van der Waals surface area (Å²) in [6, 6.07) is 1.62. The van der Waals surface area contributed by atoms with Crippen molar-refractivity contribution in [1.82, 2.24) is 15.1 Å². The van der Waals surface area contributed by atoms with E-state index in [1.165, 1.54) is 6.20 Å². The number of halogens is 3. The Labute approximate surface area is 124 Å². The molecule has 22 heavy (non-hydrogen) atoms. The standard InChI is InChI=1S/C12H17F3N4O3/c1-2-7-19-9(3-6-17-19)18-10(20)4-5-16-11(21)22-8-12(13,14)15/h3,6H,2,4-5,7-8H2,1H3,(H,16,21)(H,18,20). The summed E-state index contributed by atoms with van der Waals surface area (Å²) in [6.07, 6.45) is -3.51. The maximum atomic E-state index is 11.8. The fourth-order valence-electron chi connectivity index (χ4n) is 1.51. The first kappa shape index (κ1) is 17.8. The molecule has 0 aliphatic carbocycles. The number of aryl methyl sites for hydroxylation is 1. The lowest BCUT2D eigenvalue weighted by Gasteiger charge is -2.10. The van der Waals surface area contributed by atoms with E-state index in [-0.39, 0.29) is 13.0 Å². The molecular formula is C12H17F3N4O3. The van der Waals surface area contributed by atoms with E-state index in [0.717, 1.165) is 6.42 Å². The number of nitrogens with zero attached hydrogens (tertiary/aromatic N) is 2. The van der Waals surface area contributed by atoms with Crippen molar-refractivity contribution in [2.45, 2.75) is 32.5 Å². The molecule has 1 aromatic heterocycles. The first-order valence-electron chi connectivity index (χ1n) is 6.61. The van der Waals surface area contributed by atoms with E-state index in [4.69, 9.17) is 0 Å². The second-order valence-electron chi connectivity index (χ2n) is 4.36. The molecule has 2 amide bonds. The number of alkyl carbamates (subject to hydrolysis) is 1. The number of carbonyl (C=O) groups excluding carboxylic acids is 2. The van der Waals surface area contributed by atoms with Crippen LogP contribution < -0.4 is 10.6 Å². The van der Waals surface area contributed by atoms with Gasteiger partial charge in [0.05, 0.1) is 6.20 Å². The van der Waals surface area contributed by atoms with Crippen LogP contribution in [0, 0.1) is 0 Å². The Kier molecular flexibility index (Phi) is 6.67. The van der Waals surface area contributed by atoms with Crippen molar-refractivity contribution < 1.29 is 27.5 Å². The van der Waals surface area contributed by atoms with Gasteiger partial charge >= 0.3 is 12.3 Å². The average Bonchev–Trinajstić information content (AvgIpc) is 2.83. The molecule has 1 rings (SSSR count). The monoisotopic (exact) mass is 322 g/mol. The van der Waals surface area contributed by atoms with Gasteiger partial charge in [-0.1, -0.05) is 6.92 Å². The van der Waals surface area contributed by atoms with Crippen LogP contribution in [0.2, 0.25) is 0 Å². The summed E-state index contributed by atoms with van der Waals surface area (Å²) in [7, 11) is 0. The lowest BCUT2D eigenvalue weighted by molar-refractivity contribution is -0.160. The van der Waals surface area contributed by atoms with Gasteiger partial charge in [-0.2, -0.15) is 18.3 Å². The molecule has 1 heterocycles. The van der Waals surface area contributed by atoms with Crippen molar-refractivity contribution in [3.05, 3.63) is 12.3 Å². The van der Waals surface area contributed by atoms with E-state index in [0.29, 0.717) is 12.4 Å². The van der Waals surface area contributed by atoms with Gasteiger partial charge in [-0.05, 0) is 6.42 Å². The first-order valence-corrected chi connectivity index (χ1v) is 6.61. The number of rotatable bonds is 7. The van der Waals surface area contributed by atoms with Gasteiger partial charge in [-0.25, -0.2) is 9.48 Å². The number of carbonyl (C=O) groups is 2. The fraction of sp³-hybridized carbons (Fsp3) is 0.583. The second-order valence-corrected chi connectivity index (χ2v) is 4.36. The van der Waals surface area contributed by atoms with Crippen LogP contribution >= 0.6 is 0 Å². The highest BCUT2D eigenvalue weighted by molar-refractivity contribution is 5.90. The SMILES string of the molecule is CCCn1nccc1NC(=O)CCNC(=O)OCC(F)(F)F. The summed E-state index contributed by atoms with van der Waals surface area (Å²) >= 11 is 0. The van der Waals surface area contributed by atoms with Crippen molar-refractivity contribution in [3.8, 4) is 0 Å². The van der Waals surface area contributed by atoms with Gasteiger partial charge in [0.1, 0.15) is 5.82 Å². The van der Waals surface area contributed by atoms with Gasteiger partial charge in [-0.15, -0.1) is 0 Å². The summed E-state index contributed by atoms with van der Waals surface area (Å²) in [5.41, 5.74) is 0. The summed E-state index contributed by atoms with van der Waals surface area (Å²) in [4.78, 5) is 22.6. The Hall–Kier alpha value is -2.26. The molecule has 0 aromatic carbocycles. The van der Waals surface area contributed by atoms with Crippen LogP contribution in [0.25, 0.3) is 0 Å². The van der Waals surface area contributed by atoms with Gasteiger partial charge < -0.3 is 15.4 Å². The van der Waals surface area contributed by atoms with Crippen LogP contribution in [0.4, 0.5) is 23.8 Å². The number of alkyl halides is 3. The maximum absolute atomic E-state index is 11.8. The number of ether oxygens (including phenoxy) is 1. The largest absolute Gasteiger partial charge is 0.440 e. The lowest BCUT2D eigenvalue weighted by Crippen LogP contribution is -2.31. The van der Waals surface area contributed by atoms with Gasteiger partial charge in [0.15, 0.2) is 6.61 Å². The predicted octanol–water partition coefficient (Wildman–Crippen LogP) is 1.91. The van der Waals surface area contributed by atoms with Gasteiger partial charge in [0.2, 0.25) is 5.91 Å². The maximum Gasteiger partial charge on any atom is 0.422 e. The highest BCUT2D eigenvalue weighted by atomic mass is 19.4. The minimum Gasteiger partial charge on any atom is -0.440 e. The average molecular weight is 322 g/mol. The molecule has 1 aromatic rings. The number of hydrogen-bond acceptors (Lipinski definition) is 4.